The first-order valence-corrected chi connectivity index (χ1v) is 8.04. The molecule has 0 bridgehead atoms. The van der Waals surface area contributed by atoms with Crippen molar-refractivity contribution in [3.63, 3.8) is 0 Å². The fourth-order valence-corrected chi connectivity index (χ4v) is 1.48. The van der Waals surface area contributed by atoms with Gasteiger partial charge in [-0.05, 0) is 19.3 Å². The molecule has 1 unspecified atom stereocenters. The molecule has 0 aromatic heterocycles. The van der Waals surface area contributed by atoms with E-state index in [4.69, 9.17) is 9.47 Å². The van der Waals surface area contributed by atoms with Gasteiger partial charge in [0.15, 0.2) is 0 Å². The van der Waals surface area contributed by atoms with Gasteiger partial charge in [-0.1, -0.05) is 50.3 Å². The molecule has 0 rings (SSSR count). The van der Waals surface area contributed by atoms with Crippen molar-refractivity contribution in [3.8, 4) is 0 Å². The monoisotopic (exact) mass is 324 g/mol. The second-order valence-electron chi connectivity index (χ2n) is 4.87. The summed E-state index contributed by atoms with van der Waals surface area (Å²) >= 11 is 0. The highest BCUT2D eigenvalue weighted by atomic mass is 16.6. The largest absolute Gasteiger partial charge is 0.463 e. The zero-order valence-electron chi connectivity index (χ0n) is 14.1. The van der Waals surface area contributed by atoms with E-state index in [1.807, 2.05) is 12.2 Å². The third-order valence-corrected chi connectivity index (χ3v) is 2.73. The molecule has 1 atom stereocenters. The Morgan fingerprint density at radius 3 is 1.96 bits per heavy atom. The van der Waals surface area contributed by atoms with Gasteiger partial charge in [-0.3, -0.25) is 9.59 Å². The molecule has 0 saturated carbocycles. The number of aliphatic hydroxyl groups is 1. The van der Waals surface area contributed by atoms with Crippen molar-refractivity contribution in [3.05, 3.63) is 36.5 Å². The highest BCUT2D eigenvalue weighted by molar-refractivity contribution is 5.71. The number of aliphatic hydroxyl groups excluding tert-OH is 1. The quantitative estimate of drug-likeness (QED) is 0.441. The molecule has 0 aromatic carbocycles. The molecule has 130 valence electrons. The highest BCUT2D eigenvalue weighted by Gasteiger charge is 2.10. The smallest absolute Gasteiger partial charge is 0.309 e. The molecule has 1 N–H and O–H groups in total. The van der Waals surface area contributed by atoms with Crippen LogP contribution in [0.1, 0.15) is 46.0 Å². The average Bonchev–Trinajstić information content (AvgIpc) is 2.56. The van der Waals surface area contributed by atoms with Crippen LogP contribution in [0.25, 0.3) is 0 Å². The van der Waals surface area contributed by atoms with Gasteiger partial charge in [-0.2, -0.15) is 0 Å². The van der Waals surface area contributed by atoms with Crippen molar-refractivity contribution in [2.75, 3.05) is 13.2 Å². The molecule has 0 fully saturated rings. The zero-order valence-corrected chi connectivity index (χ0v) is 14.1. The van der Waals surface area contributed by atoms with Crippen LogP contribution in [0.4, 0.5) is 0 Å². The molecular weight excluding hydrogens is 296 g/mol. The van der Waals surface area contributed by atoms with Crippen LogP contribution >= 0.6 is 0 Å². The van der Waals surface area contributed by atoms with Crippen LogP contribution in [0.15, 0.2) is 36.5 Å². The normalized spacial score (nSPS) is 13.0. The fraction of sp³-hybridized carbons (Fsp3) is 0.556. The second kappa shape index (κ2) is 15.0. The molecule has 0 aliphatic heterocycles. The van der Waals surface area contributed by atoms with Gasteiger partial charge >= 0.3 is 11.9 Å². The maximum Gasteiger partial charge on any atom is 0.309 e. The fourth-order valence-electron chi connectivity index (χ4n) is 1.48. The van der Waals surface area contributed by atoms with Crippen LogP contribution in [0.2, 0.25) is 0 Å². The lowest BCUT2D eigenvalue weighted by atomic mass is 10.2. The average molecular weight is 324 g/mol. The van der Waals surface area contributed by atoms with Crippen LogP contribution in [0, 0.1) is 0 Å². The predicted molar refractivity (Wildman–Crippen MR) is 89.8 cm³/mol. The van der Waals surface area contributed by atoms with Gasteiger partial charge in [0.05, 0.1) is 6.42 Å². The first-order chi connectivity index (χ1) is 11.1. The molecule has 0 saturated heterocycles. The van der Waals surface area contributed by atoms with Crippen molar-refractivity contribution in [2.45, 2.75) is 52.1 Å². The van der Waals surface area contributed by atoms with Gasteiger partial charge in [0.2, 0.25) is 0 Å². The molecule has 0 amide bonds. The van der Waals surface area contributed by atoms with Gasteiger partial charge < -0.3 is 14.6 Å². The molecular formula is C18H28O5. The molecule has 0 spiro atoms. The molecule has 0 aliphatic rings. The standard InChI is InChI=1S/C18H28O5/c1-3-5-6-7-8-9-10-11-12-13-18(21)23-15-16(19)14-22-17(20)4-2/h5-6,8-9,11-12,16,19H,3-4,7,10,13-15H2,1-2H3/b6-5-,9-8-,12-11-. The highest BCUT2D eigenvalue weighted by Crippen LogP contribution is 1.97. The number of rotatable bonds is 12. The maximum absolute atomic E-state index is 11.4. The first kappa shape index (κ1) is 21.1. The van der Waals surface area contributed by atoms with Crippen molar-refractivity contribution in [2.24, 2.45) is 0 Å². The van der Waals surface area contributed by atoms with Crippen LogP contribution in [-0.2, 0) is 19.1 Å². The van der Waals surface area contributed by atoms with Crippen molar-refractivity contribution >= 4 is 11.9 Å². The second-order valence-corrected chi connectivity index (χ2v) is 4.87. The zero-order chi connectivity index (χ0) is 17.3. The topological polar surface area (TPSA) is 72.8 Å². The number of ether oxygens (including phenoxy) is 2. The summed E-state index contributed by atoms with van der Waals surface area (Å²) in [6.07, 6.45) is 14.1. The van der Waals surface area contributed by atoms with Crippen molar-refractivity contribution in [1.29, 1.82) is 0 Å². The Labute approximate surface area is 138 Å². The maximum atomic E-state index is 11.4. The summed E-state index contributed by atoms with van der Waals surface area (Å²) in [5, 5.41) is 9.49. The molecule has 0 radical (unpaired) electrons. The third-order valence-electron chi connectivity index (χ3n) is 2.73. The SMILES string of the molecule is CC/C=C\C/C=C\C/C=C\CC(=O)OCC(O)COC(=O)CC. The Morgan fingerprint density at radius 2 is 1.39 bits per heavy atom. The molecule has 0 aromatic rings. The number of carbonyl (C=O) groups excluding carboxylic acids is 2. The van der Waals surface area contributed by atoms with E-state index >= 15 is 0 Å². The van der Waals surface area contributed by atoms with Gasteiger partial charge in [-0.25, -0.2) is 0 Å². The van der Waals surface area contributed by atoms with E-state index < -0.39 is 18.0 Å². The van der Waals surface area contributed by atoms with E-state index in [1.54, 1.807) is 13.0 Å². The Bertz CT molecular complexity index is 410. The van der Waals surface area contributed by atoms with Gasteiger partial charge in [0.1, 0.15) is 19.3 Å². The third kappa shape index (κ3) is 14.8. The van der Waals surface area contributed by atoms with Crippen molar-refractivity contribution < 1.29 is 24.2 Å². The van der Waals surface area contributed by atoms with E-state index in [0.29, 0.717) is 0 Å². The van der Waals surface area contributed by atoms with Crippen LogP contribution in [0.5, 0.6) is 0 Å². The van der Waals surface area contributed by atoms with E-state index in [1.165, 1.54) is 0 Å². The minimum atomic E-state index is -0.988. The van der Waals surface area contributed by atoms with E-state index in [0.717, 1.165) is 19.3 Å². The Balaban J connectivity index is 3.68. The minimum Gasteiger partial charge on any atom is -0.463 e. The molecule has 23 heavy (non-hydrogen) atoms. The lowest BCUT2D eigenvalue weighted by Crippen LogP contribution is -2.25. The van der Waals surface area contributed by atoms with E-state index in [9.17, 15) is 14.7 Å². The number of carbonyl (C=O) groups is 2. The summed E-state index contributed by atoms with van der Waals surface area (Å²) in [7, 11) is 0. The first-order valence-electron chi connectivity index (χ1n) is 8.04. The summed E-state index contributed by atoms with van der Waals surface area (Å²) in [5.74, 6) is -0.812. The van der Waals surface area contributed by atoms with E-state index in [-0.39, 0.29) is 26.1 Å². The lowest BCUT2D eigenvalue weighted by Gasteiger charge is -2.11. The minimum absolute atomic E-state index is 0.158. The summed E-state index contributed by atoms with van der Waals surface area (Å²) in [5.41, 5.74) is 0. The van der Waals surface area contributed by atoms with Crippen molar-refractivity contribution in [1.82, 2.24) is 0 Å². The van der Waals surface area contributed by atoms with Crippen LogP contribution in [0.3, 0.4) is 0 Å². The molecule has 0 aliphatic carbocycles. The number of esters is 2. The Morgan fingerprint density at radius 1 is 0.870 bits per heavy atom. The molecule has 5 heteroatoms. The number of hydrogen-bond donors (Lipinski definition) is 1. The van der Waals surface area contributed by atoms with Crippen LogP contribution < -0.4 is 0 Å². The number of hydrogen-bond acceptors (Lipinski definition) is 5. The number of allylic oxidation sites excluding steroid dienone is 5. The summed E-state index contributed by atoms with van der Waals surface area (Å²) in [4.78, 5) is 22.3. The Hall–Kier alpha value is -1.88. The summed E-state index contributed by atoms with van der Waals surface area (Å²) < 4.78 is 9.62. The summed E-state index contributed by atoms with van der Waals surface area (Å²) in [6.45, 7) is 3.43. The van der Waals surface area contributed by atoms with Gasteiger partial charge in [0, 0.05) is 6.42 Å². The molecule has 0 heterocycles. The van der Waals surface area contributed by atoms with Gasteiger partial charge in [-0.15, -0.1) is 0 Å². The van der Waals surface area contributed by atoms with Crippen LogP contribution in [-0.4, -0.2) is 36.4 Å². The van der Waals surface area contributed by atoms with E-state index in [2.05, 4.69) is 25.2 Å². The Kier molecular flexibility index (Phi) is 13.8. The summed E-state index contributed by atoms with van der Waals surface area (Å²) in [6, 6.07) is 0. The molecule has 5 nitrogen and oxygen atoms in total. The van der Waals surface area contributed by atoms with Gasteiger partial charge in [0.25, 0.3) is 0 Å². The predicted octanol–water partition coefficient (Wildman–Crippen LogP) is 3.09. The lowest BCUT2D eigenvalue weighted by molar-refractivity contribution is -0.151.